The lowest BCUT2D eigenvalue weighted by atomic mass is 9.99. The zero-order valence-electron chi connectivity index (χ0n) is 38.9. The Balaban J connectivity index is 0.000000186. The number of anilines is 4. The zero-order valence-corrected chi connectivity index (χ0v) is 38.9. The third-order valence-corrected chi connectivity index (χ3v) is 9.58. The van der Waals surface area contributed by atoms with Gasteiger partial charge in [-0.15, -0.1) is 20.4 Å². The maximum atomic E-state index is 12.5. The van der Waals surface area contributed by atoms with Crippen LogP contribution in [0, 0.1) is 13.8 Å². The minimum atomic E-state index is -1.16. The van der Waals surface area contributed by atoms with Gasteiger partial charge in [0.05, 0.1) is 34.8 Å². The number of ketones is 1. The maximum absolute atomic E-state index is 12.5. The van der Waals surface area contributed by atoms with Crippen LogP contribution in [0.4, 0.5) is 23.3 Å². The van der Waals surface area contributed by atoms with Gasteiger partial charge in [0.25, 0.3) is 5.82 Å². The summed E-state index contributed by atoms with van der Waals surface area (Å²) in [6.07, 6.45) is 11.0. The molecule has 0 aliphatic rings. The van der Waals surface area contributed by atoms with Crippen molar-refractivity contribution in [3.63, 3.8) is 0 Å². The van der Waals surface area contributed by atoms with Crippen LogP contribution in [-0.2, 0) is 38.1 Å². The molecule has 0 amide bonds. The summed E-state index contributed by atoms with van der Waals surface area (Å²) in [5, 5.41) is 45.7. The number of aromatic carboxylic acids is 1. The summed E-state index contributed by atoms with van der Waals surface area (Å²) in [7, 11) is 3.69. The number of hydrogen-bond acceptors (Lipinski definition) is 19. The number of aryl methyl sites for hydroxylation is 5. The van der Waals surface area contributed by atoms with Crippen LogP contribution < -0.4 is 16.4 Å². The molecule has 2 aromatic carbocycles. The van der Waals surface area contributed by atoms with E-state index in [2.05, 4.69) is 81.6 Å². The minimum absolute atomic E-state index is 0.127. The van der Waals surface area contributed by atoms with E-state index in [1.807, 2.05) is 118 Å². The fraction of sp³-hybridized carbons (Fsp3) is 0.349. The third-order valence-electron chi connectivity index (χ3n) is 9.58. The normalized spacial score (nSPS) is 11.3. The Labute approximate surface area is 385 Å². The maximum Gasteiger partial charge on any atom is 0.377 e. The summed E-state index contributed by atoms with van der Waals surface area (Å²) in [5.74, 6) is 0.693. The topological polar surface area (TPSA) is 305 Å². The second kappa shape index (κ2) is 20.7. The monoisotopic (exact) mass is 911 g/mol. The molecule has 0 atom stereocenters. The predicted octanol–water partition coefficient (Wildman–Crippen LogP) is 4.79. The number of carboxylic acids is 1. The second-order valence-electron chi connectivity index (χ2n) is 17.2. The van der Waals surface area contributed by atoms with Gasteiger partial charge in [0.2, 0.25) is 23.5 Å². The number of carbonyl (C=O) groups excluding carboxylic acids is 1. The molecule has 8 rings (SSSR count). The van der Waals surface area contributed by atoms with Gasteiger partial charge in [-0.1, -0.05) is 24.3 Å². The number of carboxylic acid groups (broad SMARTS) is 1. The molecule has 0 spiro atoms. The molecular weight excluding hydrogens is 859 g/mol. The molecule has 0 aliphatic heterocycles. The highest BCUT2D eigenvalue weighted by atomic mass is 16.4. The summed E-state index contributed by atoms with van der Waals surface area (Å²) in [6.45, 7) is 16.0. The molecule has 0 aliphatic carbocycles. The van der Waals surface area contributed by atoms with Gasteiger partial charge in [-0.2, -0.15) is 29.8 Å². The van der Waals surface area contributed by atoms with Crippen LogP contribution >= 0.6 is 0 Å². The number of benzene rings is 2. The number of nitrogens with zero attached hydrogens (tertiary/aromatic N) is 18. The second-order valence-corrected chi connectivity index (χ2v) is 17.2. The zero-order chi connectivity index (χ0) is 48.5. The molecule has 0 saturated heterocycles. The molecule has 0 radical (unpaired) electrons. The highest BCUT2D eigenvalue weighted by Gasteiger charge is 2.21. The molecule has 0 fully saturated rings. The van der Waals surface area contributed by atoms with E-state index in [4.69, 9.17) is 10.8 Å². The highest BCUT2D eigenvalue weighted by molar-refractivity contribution is 5.92. The van der Waals surface area contributed by atoms with Crippen molar-refractivity contribution in [1.82, 2.24) is 89.9 Å². The Morgan fingerprint density at radius 3 is 1.52 bits per heavy atom. The Kier molecular flexibility index (Phi) is 14.9. The summed E-state index contributed by atoms with van der Waals surface area (Å²) in [5.41, 5.74) is 12.8. The number of rotatable bonds is 12. The summed E-state index contributed by atoms with van der Waals surface area (Å²) < 4.78 is 3.40. The van der Waals surface area contributed by atoms with E-state index in [0.717, 1.165) is 44.8 Å². The largest absolute Gasteiger partial charge is 0.475 e. The average molecular weight is 912 g/mol. The van der Waals surface area contributed by atoms with Crippen molar-refractivity contribution in [2.75, 3.05) is 10.6 Å². The van der Waals surface area contributed by atoms with Crippen molar-refractivity contribution >= 4 is 35.0 Å². The van der Waals surface area contributed by atoms with Crippen molar-refractivity contribution in [2.24, 2.45) is 19.8 Å². The van der Waals surface area contributed by atoms with Crippen LogP contribution in [0.25, 0.3) is 22.8 Å². The first-order chi connectivity index (χ1) is 31.7. The lowest BCUT2D eigenvalue weighted by Crippen LogP contribution is -2.25. The number of tetrazole rings is 2. The Morgan fingerprint density at radius 2 is 1.13 bits per heavy atom. The van der Waals surface area contributed by atoms with E-state index in [-0.39, 0.29) is 28.5 Å². The van der Waals surface area contributed by atoms with Gasteiger partial charge in [0.1, 0.15) is 12.7 Å². The smallest absolute Gasteiger partial charge is 0.377 e. The fourth-order valence-electron chi connectivity index (χ4n) is 5.95. The molecule has 348 valence electrons. The first kappa shape index (κ1) is 48.2. The molecule has 67 heavy (non-hydrogen) atoms. The van der Waals surface area contributed by atoms with E-state index < -0.39 is 5.97 Å². The van der Waals surface area contributed by atoms with Crippen molar-refractivity contribution in [3.8, 4) is 22.8 Å². The quantitative estimate of drug-likeness (QED) is 0.120. The SMILES string of the molecule is CC(C)(C)n1nnc(C(=O)O)n1.Cc1cc(-c2ncnc(Nc3cnn(C)c3)n2)ccc1CCC(=O)c1nnn(C(C)(C)C)n1.Cc1cc(-c2ncnc(Nc3cnn(C)c3)n2)ccc1CN. The summed E-state index contributed by atoms with van der Waals surface area (Å²) in [6, 6.07) is 12.0. The summed E-state index contributed by atoms with van der Waals surface area (Å²) >= 11 is 0. The lowest BCUT2D eigenvalue weighted by Gasteiger charge is -2.15. The van der Waals surface area contributed by atoms with E-state index >= 15 is 0 Å². The fourth-order valence-corrected chi connectivity index (χ4v) is 5.95. The van der Waals surface area contributed by atoms with Crippen LogP contribution in [0.2, 0.25) is 0 Å². The number of nitrogens with two attached hydrogens (primary N) is 1. The summed E-state index contributed by atoms with van der Waals surface area (Å²) in [4.78, 5) is 51.4. The molecule has 6 aromatic heterocycles. The highest BCUT2D eigenvalue weighted by Crippen LogP contribution is 2.23. The standard InChI is InChI=1S/C22H26N10O.C15H17N7.C6H10N4O2/c1-14-10-16(19-23-13-24-21(27-19)26-17-11-25-31(5)12-17)7-6-15(14)8-9-18(33)20-28-30-32(29-20)22(2,3)4;1-10-5-11(3-4-12(10)6-16)14-17-9-18-15(21-14)20-13-7-19-22(2)8-13;1-6(2,3)10-8-4(5(11)12)7-9-10/h6-7,10-13H,8-9H2,1-5H3,(H,23,24,26,27);3-5,7-9H,6,16H2,1-2H3,(H,17,18,20,21);1-3H3,(H,11,12). The number of nitrogens with one attached hydrogen (secondary N) is 2. The van der Waals surface area contributed by atoms with Gasteiger partial charge >= 0.3 is 5.97 Å². The Bertz CT molecular complexity index is 2960. The van der Waals surface area contributed by atoms with E-state index in [0.29, 0.717) is 42.9 Å². The van der Waals surface area contributed by atoms with Gasteiger partial charge in [0, 0.05) is 50.6 Å². The van der Waals surface area contributed by atoms with Gasteiger partial charge in [0.15, 0.2) is 11.6 Å². The van der Waals surface area contributed by atoms with E-state index in [1.165, 1.54) is 22.2 Å². The Morgan fingerprint density at radius 1 is 0.672 bits per heavy atom. The first-order valence-corrected chi connectivity index (χ1v) is 20.9. The number of hydrogen-bond donors (Lipinski definition) is 4. The lowest BCUT2D eigenvalue weighted by molar-refractivity contribution is 0.0682. The minimum Gasteiger partial charge on any atom is -0.475 e. The van der Waals surface area contributed by atoms with Crippen LogP contribution in [0.5, 0.6) is 0 Å². The number of carbonyl (C=O) groups is 2. The molecule has 0 bridgehead atoms. The molecule has 0 saturated carbocycles. The molecule has 8 aromatic rings. The van der Waals surface area contributed by atoms with Crippen LogP contribution in [0.3, 0.4) is 0 Å². The van der Waals surface area contributed by atoms with E-state index in [1.54, 1.807) is 21.8 Å². The molecule has 0 unspecified atom stereocenters. The van der Waals surface area contributed by atoms with Gasteiger partial charge < -0.3 is 21.5 Å². The Hall–Kier alpha value is -8.28. The predicted molar refractivity (Wildman–Crippen MR) is 246 cm³/mol. The van der Waals surface area contributed by atoms with Crippen molar-refractivity contribution in [2.45, 2.75) is 85.9 Å². The first-order valence-electron chi connectivity index (χ1n) is 20.9. The number of Topliss-reactive ketones (excluding diaryl/α,β-unsaturated/α-hetero) is 1. The molecule has 5 N–H and O–H groups in total. The van der Waals surface area contributed by atoms with Crippen LogP contribution in [0.15, 0.2) is 73.8 Å². The van der Waals surface area contributed by atoms with E-state index in [9.17, 15) is 9.59 Å². The van der Waals surface area contributed by atoms with Gasteiger partial charge in [-0.05, 0) is 107 Å². The molecule has 24 nitrogen and oxygen atoms in total. The van der Waals surface area contributed by atoms with Crippen molar-refractivity contribution in [3.05, 3.63) is 108 Å². The number of aromatic nitrogens is 18. The van der Waals surface area contributed by atoms with Crippen molar-refractivity contribution < 1.29 is 14.7 Å². The van der Waals surface area contributed by atoms with Gasteiger partial charge in [-0.25, -0.2) is 24.7 Å². The van der Waals surface area contributed by atoms with Crippen LogP contribution in [0.1, 0.15) is 91.5 Å². The molecule has 24 heteroatoms. The van der Waals surface area contributed by atoms with Gasteiger partial charge in [-0.3, -0.25) is 14.2 Å². The van der Waals surface area contributed by atoms with Crippen molar-refractivity contribution in [1.29, 1.82) is 0 Å². The average Bonchev–Trinajstić information content (AvgIpc) is 4.13. The molecular formula is C43H53N21O3. The van der Waals surface area contributed by atoms with Crippen LogP contribution in [-0.4, -0.2) is 107 Å². The molecule has 6 heterocycles. The third kappa shape index (κ3) is 13.2.